The molecule has 0 bridgehead atoms. The molecule has 4 rings (SSSR count). The van der Waals surface area contributed by atoms with Gasteiger partial charge in [-0.25, -0.2) is 17.9 Å². The molecule has 1 aliphatic heterocycles. The van der Waals surface area contributed by atoms with Gasteiger partial charge in [0.15, 0.2) is 0 Å². The highest BCUT2D eigenvalue weighted by Gasteiger charge is 2.35. The van der Waals surface area contributed by atoms with Gasteiger partial charge >= 0.3 is 6.09 Å². The van der Waals surface area contributed by atoms with Gasteiger partial charge in [-0.3, -0.25) is 0 Å². The van der Waals surface area contributed by atoms with Crippen molar-refractivity contribution in [1.29, 1.82) is 0 Å². The van der Waals surface area contributed by atoms with Crippen molar-refractivity contribution in [2.75, 3.05) is 13.1 Å². The summed E-state index contributed by atoms with van der Waals surface area (Å²) in [4.78, 5) is 14.9. The fourth-order valence-electron chi connectivity index (χ4n) is 4.90. The van der Waals surface area contributed by atoms with E-state index in [9.17, 15) is 13.2 Å². The largest absolute Gasteiger partial charge is 0.444 e. The lowest BCUT2D eigenvalue weighted by Crippen LogP contribution is -2.46. The molecule has 0 saturated carbocycles. The summed E-state index contributed by atoms with van der Waals surface area (Å²) in [5.41, 5.74) is 2.20. The number of aryl methyl sites for hydroxylation is 1. The molecule has 2 N–H and O–H groups in total. The van der Waals surface area contributed by atoms with E-state index in [0.29, 0.717) is 13.1 Å². The standard InChI is InChI=1S/C31H39N3O4S/c1-23-17-19-27(20-18-23)39(36,37)33-29(25-14-9-6-10-15-25)28(24-12-7-5-8-13-24)32-22-26-16-11-21-34(26)30(35)38-31(2,3)4/h5-10,12-15,17-20,26,28-29,32-33H,11,16,21-22H2,1-4H3/t26?,28-,29-/m1/s1. The molecule has 208 valence electrons. The number of carbonyl (C=O) groups excluding carboxylic acids is 1. The Bertz CT molecular complexity index is 1320. The van der Waals surface area contributed by atoms with Gasteiger partial charge in [-0.1, -0.05) is 78.4 Å². The molecule has 0 aromatic heterocycles. The fourth-order valence-corrected chi connectivity index (χ4v) is 6.14. The van der Waals surface area contributed by atoms with Crippen LogP contribution >= 0.6 is 0 Å². The molecule has 1 unspecified atom stereocenters. The molecule has 3 atom stereocenters. The Labute approximate surface area is 232 Å². The van der Waals surface area contributed by atoms with Crippen LogP contribution in [0.1, 0.15) is 62.4 Å². The van der Waals surface area contributed by atoms with Crippen LogP contribution in [0.2, 0.25) is 0 Å². The van der Waals surface area contributed by atoms with Crippen molar-refractivity contribution < 1.29 is 17.9 Å². The van der Waals surface area contributed by atoms with E-state index in [4.69, 9.17) is 4.74 Å². The highest BCUT2D eigenvalue weighted by molar-refractivity contribution is 7.89. The highest BCUT2D eigenvalue weighted by Crippen LogP contribution is 2.32. The van der Waals surface area contributed by atoms with Crippen LogP contribution in [0.5, 0.6) is 0 Å². The van der Waals surface area contributed by atoms with Gasteiger partial charge in [-0.15, -0.1) is 0 Å². The van der Waals surface area contributed by atoms with Crippen LogP contribution in [0.25, 0.3) is 0 Å². The summed E-state index contributed by atoms with van der Waals surface area (Å²) < 4.78 is 35.8. The third kappa shape index (κ3) is 7.68. The van der Waals surface area contributed by atoms with Crippen molar-refractivity contribution in [1.82, 2.24) is 14.9 Å². The molecule has 1 heterocycles. The van der Waals surface area contributed by atoms with Crippen molar-refractivity contribution >= 4 is 16.1 Å². The molecule has 0 spiro atoms. The van der Waals surface area contributed by atoms with E-state index in [1.807, 2.05) is 88.4 Å². The van der Waals surface area contributed by atoms with Crippen molar-refractivity contribution in [2.24, 2.45) is 0 Å². The molecule has 7 nitrogen and oxygen atoms in total. The predicted octanol–water partition coefficient (Wildman–Crippen LogP) is 5.75. The van der Waals surface area contributed by atoms with Crippen LogP contribution in [-0.2, 0) is 14.8 Å². The maximum Gasteiger partial charge on any atom is 0.410 e. The summed E-state index contributed by atoms with van der Waals surface area (Å²) in [6, 6.07) is 25.2. The van der Waals surface area contributed by atoms with Gasteiger partial charge < -0.3 is 15.0 Å². The van der Waals surface area contributed by atoms with Crippen molar-refractivity contribution in [3.63, 3.8) is 0 Å². The lowest BCUT2D eigenvalue weighted by molar-refractivity contribution is 0.0224. The van der Waals surface area contributed by atoms with Gasteiger partial charge in [-0.05, 0) is 63.8 Å². The Morgan fingerprint density at radius 3 is 2.05 bits per heavy atom. The number of hydrogen-bond acceptors (Lipinski definition) is 5. The molecule has 0 aliphatic carbocycles. The van der Waals surface area contributed by atoms with E-state index in [0.717, 1.165) is 29.5 Å². The number of amides is 1. The molecule has 1 saturated heterocycles. The molecule has 1 aliphatic rings. The number of hydrogen-bond donors (Lipinski definition) is 2. The van der Waals surface area contributed by atoms with E-state index >= 15 is 0 Å². The second-order valence-corrected chi connectivity index (χ2v) is 12.8. The van der Waals surface area contributed by atoms with Gasteiger partial charge in [0.1, 0.15) is 5.60 Å². The second-order valence-electron chi connectivity index (χ2n) is 11.1. The third-order valence-electron chi connectivity index (χ3n) is 6.84. The summed E-state index contributed by atoms with van der Waals surface area (Å²) in [5, 5.41) is 3.63. The molecular weight excluding hydrogens is 510 g/mol. The van der Waals surface area contributed by atoms with Crippen LogP contribution < -0.4 is 10.0 Å². The fraction of sp³-hybridized carbons (Fsp3) is 0.387. The van der Waals surface area contributed by atoms with Gasteiger partial charge in [-0.2, -0.15) is 0 Å². The van der Waals surface area contributed by atoms with Crippen LogP contribution in [0, 0.1) is 6.92 Å². The number of benzene rings is 3. The lowest BCUT2D eigenvalue weighted by Gasteiger charge is -2.33. The summed E-state index contributed by atoms with van der Waals surface area (Å²) in [6.45, 7) is 8.65. The Balaban J connectivity index is 1.65. The number of rotatable bonds is 9. The van der Waals surface area contributed by atoms with Crippen molar-refractivity contribution in [3.05, 3.63) is 102 Å². The Hall–Kier alpha value is -3.20. The maximum atomic E-state index is 13.6. The normalized spacial score (nSPS) is 17.5. The minimum absolute atomic E-state index is 0.0591. The smallest absolute Gasteiger partial charge is 0.410 e. The Kier molecular flexibility index (Phi) is 9.10. The van der Waals surface area contributed by atoms with E-state index < -0.39 is 27.7 Å². The first-order valence-electron chi connectivity index (χ1n) is 13.5. The molecule has 39 heavy (non-hydrogen) atoms. The minimum atomic E-state index is -3.83. The first-order valence-corrected chi connectivity index (χ1v) is 14.9. The van der Waals surface area contributed by atoms with Gasteiger partial charge in [0.25, 0.3) is 0 Å². The van der Waals surface area contributed by atoms with Crippen LogP contribution in [0.3, 0.4) is 0 Å². The lowest BCUT2D eigenvalue weighted by atomic mass is 9.93. The van der Waals surface area contributed by atoms with Crippen LogP contribution in [0.15, 0.2) is 89.8 Å². The van der Waals surface area contributed by atoms with E-state index in [1.165, 1.54) is 0 Å². The molecular formula is C31H39N3O4S. The van der Waals surface area contributed by atoms with Crippen molar-refractivity contribution in [3.8, 4) is 0 Å². The first kappa shape index (κ1) is 28.8. The zero-order chi connectivity index (χ0) is 28.0. The Morgan fingerprint density at radius 2 is 1.49 bits per heavy atom. The third-order valence-corrected chi connectivity index (χ3v) is 8.30. The first-order chi connectivity index (χ1) is 18.5. The summed E-state index contributed by atoms with van der Waals surface area (Å²) in [6.07, 6.45) is 1.42. The molecule has 1 amide bonds. The zero-order valence-electron chi connectivity index (χ0n) is 23.1. The molecule has 8 heteroatoms. The maximum absolute atomic E-state index is 13.6. The molecule has 3 aromatic rings. The van der Waals surface area contributed by atoms with Crippen molar-refractivity contribution in [2.45, 2.75) is 69.2 Å². The minimum Gasteiger partial charge on any atom is -0.444 e. The number of likely N-dealkylation sites (tertiary alicyclic amines) is 1. The van der Waals surface area contributed by atoms with E-state index in [1.54, 1.807) is 29.2 Å². The number of carbonyl (C=O) groups is 1. The van der Waals surface area contributed by atoms with Gasteiger partial charge in [0.2, 0.25) is 10.0 Å². The Morgan fingerprint density at radius 1 is 0.923 bits per heavy atom. The van der Waals surface area contributed by atoms with Crippen LogP contribution in [-0.4, -0.2) is 44.1 Å². The average molecular weight is 550 g/mol. The molecule has 1 fully saturated rings. The van der Waals surface area contributed by atoms with Gasteiger partial charge in [0.05, 0.1) is 17.0 Å². The molecule has 3 aromatic carbocycles. The molecule has 0 radical (unpaired) electrons. The SMILES string of the molecule is Cc1ccc(S(=O)(=O)N[C@H](c2ccccc2)[C@H](NCC2CCCN2C(=O)OC(C)(C)C)c2ccccc2)cc1. The number of nitrogens with zero attached hydrogens (tertiary/aromatic N) is 1. The second kappa shape index (κ2) is 12.3. The average Bonchev–Trinajstić information content (AvgIpc) is 3.37. The monoisotopic (exact) mass is 549 g/mol. The van der Waals surface area contributed by atoms with Crippen LogP contribution in [0.4, 0.5) is 4.79 Å². The van der Waals surface area contributed by atoms with Gasteiger partial charge in [0, 0.05) is 19.1 Å². The van der Waals surface area contributed by atoms with E-state index in [-0.39, 0.29) is 17.0 Å². The number of ether oxygens (including phenoxy) is 1. The zero-order valence-corrected chi connectivity index (χ0v) is 23.9. The summed E-state index contributed by atoms with van der Waals surface area (Å²) in [5.74, 6) is 0. The van der Waals surface area contributed by atoms with E-state index in [2.05, 4.69) is 10.0 Å². The summed E-state index contributed by atoms with van der Waals surface area (Å²) >= 11 is 0. The highest BCUT2D eigenvalue weighted by atomic mass is 32.2. The topological polar surface area (TPSA) is 87.7 Å². The predicted molar refractivity (Wildman–Crippen MR) is 154 cm³/mol. The number of nitrogens with one attached hydrogen (secondary N) is 2. The summed E-state index contributed by atoms with van der Waals surface area (Å²) in [7, 11) is -3.83. The number of sulfonamides is 1. The quantitative estimate of drug-likeness (QED) is 0.355.